The summed E-state index contributed by atoms with van der Waals surface area (Å²) in [6.07, 6.45) is 8.33. The van der Waals surface area contributed by atoms with Gasteiger partial charge in [0.2, 0.25) is 10.0 Å². The van der Waals surface area contributed by atoms with E-state index in [2.05, 4.69) is 14.9 Å². The number of aliphatic hydroxyl groups is 1. The third-order valence-electron chi connectivity index (χ3n) is 8.92. The van der Waals surface area contributed by atoms with E-state index in [9.17, 15) is 38.0 Å². The van der Waals surface area contributed by atoms with Crippen molar-refractivity contribution < 1.29 is 38.0 Å². The first-order chi connectivity index (χ1) is 23.4. The highest BCUT2D eigenvalue weighted by molar-refractivity contribution is 7.92. The number of halogens is 1. The van der Waals surface area contributed by atoms with E-state index >= 15 is 0 Å². The predicted octanol–water partition coefficient (Wildman–Crippen LogP) is 6.28. The summed E-state index contributed by atoms with van der Waals surface area (Å²) in [7, 11) is -3.55. The molecule has 1 aliphatic rings. The zero-order chi connectivity index (χ0) is 35.4. The summed E-state index contributed by atoms with van der Waals surface area (Å²) in [6, 6.07) is 15.4. The van der Waals surface area contributed by atoms with Gasteiger partial charge in [0.05, 0.1) is 23.7 Å². The van der Waals surface area contributed by atoms with Crippen LogP contribution >= 0.6 is 0 Å². The van der Waals surface area contributed by atoms with Gasteiger partial charge in [-0.05, 0) is 80.2 Å². The standard InChI is InChI=1S/C36H49FN4O7S/c1-49(47,48)39-31-24-27(14-16-34(31)43)35(44)25-38-19-9-5-3-2-4-6-10-20-40-21-17-28(18-22-40)41(36(45)46)32-12-8-7-11-29(32)26-13-15-33(42)30(37)23-26/h7-8,11-16,23-24,28,35,38-39,42-44H,2-6,9-10,17-22,25H2,1H3,(H,45,46)/t35-/m1/s1. The van der Waals surface area contributed by atoms with E-state index in [1.807, 2.05) is 0 Å². The first kappa shape index (κ1) is 37.9. The normalized spacial score (nSPS) is 14.8. The molecule has 1 amide bonds. The number of nitrogens with zero attached hydrogens (tertiary/aromatic N) is 2. The van der Waals surface area contributed by atoms with Crippen LogP contribution in [0.25, 0.3) is 11.1 Å². The van der Waals surface area contributed by atoms with Gasteiger partial charge < -0.3 is 30.6 Å². The van der Waals surface area contributed by atoms with Crippen LogP contribution < -0.4 is 14.9 Å². The molecule has 4 rings (SSSR count). The van der Waals surface area contributed by atoms with Crippen molar-refractivity contribution >= 4 is 27.5 Å². The highest BCUT2D eigenvalue weighted by Gasteiger charge is 2.30. The molecule has 3 aromatic rings. The van der Waals surface area contributed by atoms with Gasteiger partial charge in [0.25, 0.3) is 0 Å². The average Bonchev–Trinajstić information content (AvgIpc) is 3.06. The summed E-state index contributed by atoms with van der Waals surface area (Å²) in [4.78, 5) is 16.3. The van der Waals surface area contributed by atoms with Crippen LogP contribution in [0, 0.1) is 5.82 Å². The Kier molecular flexibility index (Phi) is 14.1. The minimum Gasteiger partial charge on any atom is -0.506 e. The molecule has 0 unspecified atom stereocenters. The molecular weight excluding hydrogens is 651 g/mol. The lowest BCUT2D eigenvalue weighted by atomic mass is 9.98. The van der Waals surface area contributed by atoms with Crippen LogP contribution in [0.15, 0.2) is 60.7 Å². The number of hydrogen-bond acceptors (Lipinski definition) is 8. The summed E-state index contributed by atoms with van der Waals surface area (Å²) >= 11 is 0. The Morgan fingerprint density at radius 1 is 0.939 bits per heavy atom. The third kappa shape index (κ3) is 11.6. The minimum atomic E-state index is -3.55. The van der Waals surface area contributed by atoms with E-state index in [4.69, 9.17) is 0 Å². The number of unbranched alkanes of at least 4 members (excludes halogenated alkanes) is 6. The van der Waals surface area contributed by atoms with Gasteiger partial charge in [0.15, 0.2) is 11.6 Å². The zero-order valence-electron chi connectivity index (χ0n) is 28.0. The molecule has 0 spiro atoms. The molecule has 13 heteroatoms. The molecule has 0 saturated carbocycles. The number of likely N-dealkylation sites (tertiary alicyclic amines) is 1. The molecule has 1 fully saturated rings. The van der Waals surface area contributed by atoms with Gasteiger partial charge >= 0.3 is 6.09 Å². The van der Waals surface area contributed by atoms with Crippen molar-refractivity contribution in [3.05, 3.63) is 72.0 Å². The lowest BCUT2D eigenvalue weighted by Crippen LogP contribution is -2.47. The highest BCUT2D eigenvalue weighted by atomic mass is 32.2. The molecule has 3 aromatic carbocycles. The maximum absolute atomic E-state index is 14.1. The molecule has 1 heterocycles. The van der Waals surface area contributed by atoms with Crippen molar-refractivity contribution in [2.45, 2.75) is 69.9 Å². The number of piperidine rings is 1. The lowest BCUT2D eigenvalue weighted by Gasteiger charge is -2.38. The summed E-state index contributed by atoms with van der Waals surface area (Å²) in [5.74, 6) is -1.40. The van der Waals surface area contributed by atoms with E-state index in [0.717, 1.165) is 77.4 Å². The number of amides is 1. The Hall–Kier alpha value is -3.91. The molecule has 6 N–H and O–H groups in total. The summed E-state index contributed by atoms with van der Waals surface area (Å²) < 4.78 is 39.3. The number of carbonyl (C=O) groups is 1. The van der Waals surface area contributed by atoms with Crippen LogP contribution in [0.2, 0.25) is 0 Å². The van der Waals surface area contributed by atoms with Crippen LogP contribution in [0.3, 0.4) is 0 Å². The first-order valence-corrected chi connectivity index (χ1v) is 18.8. The fourth-order valence-electron chi connectivity index (χ4n) is 6.33. The van der Waals surface area contributed by atoms with Gasteiger partial charge in [-0.3, -0.25) is 9.62 Å². The summed E-state index contributed by atoms with van der Waals surface area (Å²) in [5.41, 5.74) is 2.18. The quantitative estimate of drug-likeness (QED) is 0.0663. The van der Waals surface area contributed by atoms with Crippen molar-refractivity contribution in [2.24, 2.45) is 0 Å². The number of carboxylic acid groups (broad SMARTS) is 1. The number of aromatic hydroxyl groups is 2. The first-order valence-electron chi connectivity index (χ1n) is 16.9. The van der Waals surface area contributed by atoms with Crippen LogP contribution in [-0.4, -0.2) is 84.9 Å². The molecule has 0 radical (unpaired) electrons. The minimum absolute atomic E-state index is 0.0388. The number of rotatable bonds is 18. The molecule has 1 atom stereocenters. The molecule has 1 aliphatic heterocycles. The van der Waals surface area contributed by atoms with Crippen molar-refractivity contribution in [3.8, 4) is 22.6 Å². The Balaban J connectivity index is 1.08. The number of anilines is 2. The molecule has 11 nitrogen and oxygen atoms in total. The van der Waals surface area contributed by atoms with Gasteiger partial charge in [-0.15, -0.1) is 0 Å². The molecule has 1 saturated heterocycles. The Morgan fingerprint density at radius 3 is 2.27 bits per heavy atom. The fraction of sp³-hybridized carbons (Fsp3) is 0.472. The second-order valence-electron chi connectivity index (χ2n) is 12.8. The SMILES string of the molecule is CS(=O)(=O)Nc1cc([C@H](O)CNCCCCCCCCCN2CCC(N(C(=O)O)c3ccccc3-c3ccc(O)c(F)c3)CC2)ccc1O. The van der Waals surface area contributed by atoms with Crippen molar-refractivity contribution in [2.75, 3.05) is 48.6 Å². The van der Waals surface area contributed by atoms with Crippen molar-refractivity contribution in [1.82, 2.24) is 10.2 Å². The van der Waals surface area contributed by atoms with Gasteiger partial charge in [-0.1, -0.05) is 62.4 Å². The topological polar surface area (TPSA) is 163 Å². The molecule has 49 heavy (non-hydrogen) atoms. The number of para-hydroxylation sites is 1. The second kappa shape index (κ2) is 18.2. The number of phenols is 2. The predicted molar refractivity (Wildman–Crippen MR) is 190 cm³/mol. The maximum atomic E-state index is 14.1. The number of benzene rings is 3. The van der Waals surface area contributed by atoms with E-state index in [1.54, 1.807) is 36.4 Å². The van der Waals surface area contributed by atoms with E-state index in [-0.39, 0.29) is 17.5 Å². The molecule has 268 valence electrons. The summed E-state index contributed by atoms with van der Waals surface area (Å²) in [6.45, 7) is 3.71. The monoisotopic (exact) mass is 700 g/mol. The average molecular weight is 701 g/mol. The van der Waals surface area contributed by atoms with Gasteiger partial charge in [0.1, 0.15) is 5.75 Å². The number of aliphatic hydroxyl groups excluding tert-OH is 1. The Labute approximate surface area is 288 Å². The second-order valence-corrected chi connectivity index (χ2v) is 14.5. The number of phenolic OH excluding ortho intramolecular Hbond substituents is 2. The van der Waals surface area contributed by atoms with Crippen LogP contribution in [-0.2, 0) is 10.0 Å². The maximum Gasteiger partial charge on any atom is 0.412 e. The van der Waals surface area contributed by atoms with Gasteiger partial charge in [0, 0.05) is 31.2 Å². The zero-order valence-corrected chi connectivity index (χ0v) is 28.8. The van der Waals surface area contributed by atoms with E-state index in [0.29, 0.717) is 41.8 Å². The molecule has 0 bridgehead atoms. The van der Waals surface area contributed by atoms with Crippen LogP contribution in [0.5, 0.6) is 11.5 Å². The third-order valence-corrected chi connectivity index (χ3v) is 9.51. The van der Waals surface area contributed by atoms with Gasteiger partial charge in [-0.25, -0.2) is 17.6 Å². The lowest BCUT2D eigenvalue weighted by molar-refractivity contribution is 0.174. The van der Waals surface area contributed by atoms with Crippen LogP contribution in [0.1, 0.15) is 69.5 Å². The van der Waals surface area contributed by atoms with E-state index < -0.39 is 33.8 Å². The summed E-state index contributed by atoms with van der Waals surface area (Å²) in [5, 5.41) is 43.4. The Bertz CT molecular complexity index is 1630. The van der Waals surface area contributed by atoms with Crippen molar-refractivity contribution in [1.29, 1.82) is 0 Å². The smallest absolute Gasteiger partial charge is 0.412 e. The van der Waals surface area contributed by atoms with Gasteiger partial charge in [-0.2, -0.15) is 0 Å². The number of sulfonamides is 1. The highest BCUT2D eigenvalue weighted by Crippen LogP contribution is 2.35. The molecular formula is C36H49FN4O7S. The Morgan fingerprint density at radius 2 is 1.59 bits per heavy atom. The molecule has 0 aromatic heterocycles. The van der Waals surface area contributed by atoms with Crippen LogP contribution in [0.4, 0.5) is 20.6 Å². The number of hydrogen-bond donors (Lipinski definition) is 6. The molecule has 0 aliphatic carbocycles. The fourth-order valence-corrected chi connectivity index (χ4v) is 6.89. The largest absolute Gasteiger partial charge is 0.506 e. The van der Waals surface area contributed by atoms with E-state index in [1.165, 1.54) is 29.2 Å². The number of nitrogens with one attached hydrogen (secondary N) is 2. The van der Waals surface area contributed by atoms with Crippen molar-refractivity contribution in [3.63, 3.8) is 0 Å².